The fourth-order valence-corrected chi connectivity index (χ4v) is 10.7. The summed E-state index contributed by atoms with van der Waals surface area (Å²) in [4.78, 5) is 2.43. The first kappa shape index (κ1) is 37.8. The molecule has 2 aliphatic rings. The number of hydrogen-bond acceptors (Lipinski definition) is 1. The number of allylic oxidation sites excluding steroid dienone is 4. The van der Waals surface area contributed by atoms with Crippen molar-refractivity contribution in [3.8, 4) is 27.9 Å². The molecule has 0 fully saturated rings. The molecule has 304 valence electrons. The third-order valence-electron chi connectivity index (χ3n) is 13.6. The molecule has 2 nitrogen and oxygen atoms in total. The van der Waals surface area contributed by atoms with Crippen LogP contribution in [0.5, 0.6) is 0 Å². The van der Waals surface area contributed by atoms with Crippen molar-refractivity contribution in [3.05, 3.63) is 271 Å². The van der Waals surface area contributed by atoms with Gasteiger partial charge in [-0.15, -0.1) is 0 Å². The van der Waals surface area contributed by atoms with Crippen LogP contribution in [-0.4, -0.2) is 4.57 Å². The molecule has 0 aliphatic heterocycles. The third-order valence-corrected chi connectivity index (χ3v) is 13.6. The van der Waals surface area contributed by atoms with E-state index in [4.69, 9.17) is 0 Å². The minimum atomic E-state index is -0.494. The lowest BCUT2D eigenvalue weighted by Crippen LogP contribution is -2.28. The van der Waals surface area contributed by atoms with Crippen LogP contribution in [0.1, 0.15) is 41.2 Å². The van der Waals surface area contributed by atoms with Crippen molar-refractivity contribution >= 4 is 44.4 Å². The zero-order valence-electron chi connectivity index (χ0n) is 35.8. The molecule has 2 heteroatoms. The molecular formula is C62H46N2. The van der Waals surface area contributed by atoms with Gasteiger partial charge in [-0.05, 0) is 129 Å². The first-order valence-corrected chi connectivity index (χ1v) is 22.5. The summed E-state index contributed by atoms with van der Waals surface area (Å²) in [6.07, 6.45) is 8.05. The summed E-state index contributed by atoms with van der Waals surface area (Å²) < 4.78 is 2.38. The fourth-order valence-electron chi connectivity index (χ4n) is 10.7. The lowest BCUT2D eigenvalue weighted by atomic mass is 9.67. The number of para-hydroxylation sites is 2. The monoisotopic (exact) mass is 818 g/mol. The van der Waals surface area contributed by atoms with Crippen LogP contribution in [0.4, 0.5) is 17.1 Å². The van der Waals surface area contributed by atoms with Gasteiger partial charge in [-0.1, -0.05) is 189 Å². The first-order chi connectivity index (χ1) is 31.6. The molecule has 10 aromatic rings. The van der Waals surface area contributed by atoms with Crippen LogP contribution in [0.3, 0.4) is 0 Å². The maximum Gasteiger partial charge on any atom is 0.0714 e. The summed E-state index contributed by atoms with van der Waals surface area (Å²) >= 11 is 0. The lowest BCUT2D eigenvalue weighted by Gasteiger charge is -2.35. The Balaban J connectivity index is 0.978. The van der Waals surface area contributed by atoms with Crippen LogP contribution in [0.15, 0.2) is 243 Å². The normalized spacial score (nSPS) is 14.9. The second-order valence-corrected chi connectivity index (χ2v) is 17.3. The molecule has 1 unspecified atom stereocenters. The van der Waals surface area contributed by atoms with E-state index in [-0.39, 0.29) is 0 Å². The summed E-state index contributed by atoms with van der Waals surface area (Å²) in [5, 5.41) is 2.54. The van der Waals surface area contributed by atoms with Gasteiger partial charge in [0.25, 0.3) is 0 Å². The van der Waals surface area contributed by atoms with Gasteiger partial charge in [0, 0.05) is 33.5 Å². The number of rotatable bonds is 8. The number of fused-ring (bicyclic) bond motifs is 6. The molecule has 1 atom stereocenters. The number of nitrogens with zero attached hydrogens (tertiary/aromatic N) is 2. The molecule has 1 heterocycles. The molecule has 0 spiro atoms. The van der Waals surface area contributed by atoms with Gasteiger partial charge in [-0.25, -0.2) is 0 Å². The van der Waals surface area contributed by atoms with Crippen molar-refractivity contribution < 1.29 is 0 Å². The summed E-state index contributed by atoms with van der Waals surface area (Å²) in [6.45, 7) is 2.29. The average molecular weight is 819 g/mol. The van der Waals surface area contributed by atoms with Crippen molar-refractivity contribution in [1.29, 1.82) is 0 Å². The Morgan fingerprint density at radius 2 is 0.953 bits per heavy atom. The highest BCUT2D eigenvalue weighted by Crippen LogP contribution is 2.57. The molecule has 0 radical (unpaired) electrons. The zero-order chi connectivity index (χ0) is 42.6. The topological polar surface area (TPSA) is 8.17 Å². The molecule has 2 aliphatic carbocycles. The third kappa shape index (κ3) is 6.09. The summed E-state index contributed by atoms with van der Waals surface area (Å²) in [5.74, 6) is 0.532. The van der Waals surface area contributed by atoms with Gasteiger partial charge < -0.3 is 9.47 Å². The summed E-state index contributed by atoms with van der Waals surface area (Å²) in [7, 11) is 0. The van der Waals surface area contributed by atoms with E-state index in [2.05, 4.69) is 259 Å². The van der Waals surface area contributed by atoms with E-state index in [9.17, 15) is 0 Å². The van der Waals surface area contributed by atoms with Crippen molar-refractivity contribution in [2.45, 2.75) is 18.8 Å². The number of hydrogen-bond donors (Lipinski definition) is 0. The lowest BCUT2D eigenvalue weighted by molar-refractivity contribution is 0.740. The Bertz CT molecular complexity index is 3300. The molecule has 0 amide bonds. The van der Waals surface area contributed by atoms with Gasteiger partial charge in [-0.3, -0.25) is 0 Å². The van der Waals surface area contributed by atoms with Crippen LogP contribution >= 0.6 is 0 Å². The molecule has 0 saturated heterocycles. The second kappa shape index (κ2) is 15.4. The van der Waals surface area contributed by atoms with Crippen LogP contribution < -0.4 is 4.90 Å². The highest BCUT2D eigenvalue weighted by molar-refractivity contribution is 6.09. The highest BCUT2D eigenvalue weighted by atomic mass is 15.1. The fraction of sp³-hybridized carbons (Fsp3) is 0.0645. The molecule has 9 aromatic carbocycles. The molecule has 0 saturated carbocycles. The molecule has 12 rings (SSSR count). The van der Waals surface area contributed by atoms with Crippen LogP contribution in [-0.2, 0) is 5.41 Å². The molecule has 0 bridgehead atoms. The van der Waals surface area contributed by atoms with Crippen LogP contribution in [0.25, 0.3) is 55.3 Å². The maximum absolute atomic E-state index is 2.46. The Morgan fingerprint density at radius 1 is 0.453 bits per heavy atom. The quantitative estimate of drug-likeness (QED) is 0.148. The van der Waals surface area contributed by atoms with Gasteiger partial charge in [0.2, 0.25) is 0 Å². The Morgan fingerprint density at radius 3 is 1.56 bits per heavy atom. The molecule has 64 heavy (non-hydrogen) atoms. The predicted molar refractivity (Wildman–Crippen MR) is 269 cm³/mol. The SMILES string of the molecule is CC1C=C(c2ccc(N(c3ccc(-c4ccc(-n5c6ccccc6c6ccccc65)cc4)cc3)c3ccc4c(c3)C(c3ccccc3)(c3ccccc3)c3ccccc3-4)cc2)C=CC1. The van der Waals surface area contributed by atoms with Crippen molar-refractivity contribution in [2.24, 2.45) is 5.92 Å². The standard InChI is InChI=1S/C62H46N2/c1-43-15-14-16-47(41-43)46-31-35-51(36-32-46)63(50-33-27-44(28-34-50)45-29-37-52(38-30-45)64-60-25-12-9-22-56(60)57-23-10-13-26-61(57)64)53-39-40-55-54-21-8-11-24-58(54)62(59(55)42-53,48-17-4-2-5-18-48)49-19-6-3-7-20-49/h2-14,16-43H,15H2,1H3. The number of benzene rings is 9. The minimum Gasteiger partial charge on any atom is -0.310 e. The second-order valence-electron chi connectivity index (χ2n) is 17.3. The van der Waals surface area contributed by atoms with Gasteiger partial charge in [-0.2, -0.15) is 0 Å². The Labute approximate surface area is 375 Å². The molecule has 1 aromatic heterocycles. The van der Waals surface area contributed by atoms with Crippen LogP contribution in [0.2, 0.25) is 0 Å². The van der Waals surface area contributed by atoms with E-state index in [1.807, 2.05) is 0 Å². The Hall–Kier alpha value is -7.94. The van der Waals surface area contributed by atoms with E-state index in [1.54, 1.807) is 0 Å². The highest BCUT2D eigenvalue weighted by Gasteiger charge is 2.46. The van der Waals surface area contributed by atoms with Gasteiger partial charge in [0.15, 0.2) is 0 Å². The van der Waals surface area contributed by atoms with Crippen LogP contribution in [0, 0.1) is 5.92 Å². The van der Waals surface area contributed by atoms with E-state index in [0.717, 1.165) is 29.2 Å². The maximum atomic E-state index is 2.46. The van der Waals surface area contributed by atoms with E-state index in [0.29, 0.717) is 5.92 Å². The predicted octanol–water partition coefficient (Wildman–Crippen LogP) is 16.3. The number of aromatic nitrogens is 1. The zero-order valence-corrected chi connectivity index (χ0v) is 35.8. The molecular weight excluding hydrogens is 773 g/mol. The number of anilines is 3. The largest absolute Gasteiger partial charge is 0.310 e. The van der Waals surface area contributed by atoms with E-state index in [1.165, 1.54) is 77.5 Å². The van der Waals surface area contributed by atoms with Gasteiger partial charge in [0.1, 0.15) is 0 Å². The average Bonchev–Trinajstić information content (AvgIpc) is 3.86. The first-order valence-electron chi connectivity index (χ1n) is 22.5. The van der Waals surface area contributed by atoms with Crippen molar-refractivity contribution in [1.82, 2.24) is 4.57 Å². The van der Waals surface area contributed by atoms with E-state index >= 15 is 0 Å². The minimum absolute atomic E-state index is 0.494. The Kier molecular flexibility index (Phi) is 9.12. The van der Waals surface area contributed by atoms with Crippen molar-refractivity contribution in [3.63, 3.8) is 0 Å². The van der Waals surface area contributed by atoms with Gasteiger partial charge >= 0.3 is 0 Å². The summed E-state index contributed by atoms with van der Waals surface area (Å²) in [5.41, 5.74) is 19.0. The van der Waals surface area contributed by atoms with Gasteiger partial charge in [0.05, 0.1) is 16.4 Å². The smallest absolute Gasteiger partial charge is 0.0714 e. The summed E-state index contributed by atoms with van der Waals surface area (Å²) in [6, 6.07) is 82.9. The molecule has 0 N–H and O–H groups in total. The van der Waals surface area contributed by atoms with Crippen molar-refractivity contribution in [2.75, 3.05) is 4.90 Å². The van der Waals surface area contributed by atoms with E-state index < -0.39 is 5.41 Å².